The summed E-state index contributed by atoms with van der Waals surface area (Å²) in [7, 11) is 0. The van der Waals surface area contributed by atoms with E-state index in [9.17, 15) is 4.79 Å². The van der Waals surface area contributed by atoms with Gasteiger partial charge in [-0.3, -0.25) is 10.2 Å². The fraction of sp³-hybridized carbons (Fsp3) is 0.161. The highest BCUT2D eigenvalue weighted by molar-refractivity contribution is 5.95. The summed E-state index contributed by atoms with van der Waals surface area (Å²) in [6, 6.07) is 31.6. The second-order valence-electron chi connectivity index (χ2n) is 8.69. The van der Waals surface area contributed by atoms with Gasteiger partial charge in [0, 0.05) is 17.8 Å². The summed E-state index contributed by atoms with van der Waals surface area (Å²) in [6.07, 6.45) is 0. The van der Waals surface area contributed by atoms with E-state index < -0.39 is 6.04 Å². The Balaban J connectivity index is 1.59. The topological polar surface area (TPSA) is 109 Å². The van der Waals surface area contributed by atoms with Crippen molar-refractivity contribution in [3.8, 4) is 11.5 Å². The van der Waals surface area contributed by atoms with Crippen molar-refractivity contribution in [3.63, 3.8) is 0 Å². The van der Waals surface area contributed by atoms with Gasteiger partial charge >= 0.3 is 0 Å². The normalized spacial score (nSPS) is 11.3. The Labute approximate surface area is 223 Å². The molecule has 0 radical (unpaired) electrons. The summed E-state index contributed by atoms with van der Waals surface area (Å²) < 4.78 is 11.9. The summed E-state index contributed by atoms with van der Waals surface area (Å²) in [6.45, 7) is 3.17. The van der Waals surface area contributed by atoms with Crippen molar-refractivity contribution in [1.29, 1.82) is 5.41 Å². The van der Waals surface area contributed by atoms with Crippen LogP contribution in [0.5, 0.6) is 11.5 Å². The van der Waals surface area contributed by atoms with Crippen LogP contribution >= 0.6 is 0 Å². The molecule has 0 bridgehead atoms. The lowest BCUT2D eigenvalue weighted by Crippen LogP contribution is -2.33. The van der Waals surface area contributed by atoms with E-state index in [-0.39, 0.29) is 11.7 Å². The van der Waals surface area contributed by atoms with Gasteiger partial charge in [0.1, 0.15) is 18.5 Å². The molecule has 0 unspecified atom stereocenters. The molecule has 7 heteroatoms. The van der Waals surface area contributed by atoms with Crippen molar-refractivity contribution >= 4 is 17.4 Å². The standard InChI is InChI=1S/C31H32N4O3/c1-2-37-28-19-25(15-18-27(28)38-21-23-11-7-4-8-12-23)29(31(36)34-20-22-9-5-3-6-10-22)35-26-16-13-24(14-17-26)30(32)33/h3-19,29,35H,2,20-21H2,1H3,(H3,32,33)(H,34,36)/t29-/m0/s1. The zero-order valence-corrected chi connectivity index (χ0v) is 21.3. The highest BCUT2D eigenvalue weighted by Crippen LogP contribution is 2.33. The van der Waals surface area contributed by atoms with E-state index in [1.807, 2.05) is 85.8 Å². The first-order chi connectivity index (χ1) is 18.5. The van der Waals surface area contributed by atoms with E-state index in [1.165, 1.54) is 0 Å². The molecule has 0 aromatic heterocycles. The van der Waals surface area contributed by atoms with Gasteiger partial charge in [0.25, 0.3) is 0 Å². The van der Waals surface area contributed by atoms with Crippen molar-refractivity contribution in [2.75, 3.05) is 11.9 Å². The van der Waals surface area contributed by atoms with Crippen LogP contribution in [0.3, 0.4) is 0 Å². The van der Waals surface area contributed by atoms with Crippen LogP contribution in [0.15, 0.2) is 103 Å². The number of nitrogens with two attached hydrogens (primary N) is 1. The minimum atomic E-state index is -0.704. The highest BCUT2D eigenvalue weighted by atomic mass is 16.5. The van der Waals surface area contributed by atoms with Crippen molar-refractivity contribution in [1.82, 2.24) is 5.32 Å². The lowest BCUT2D eigenvalue weighted by atomic mass is 10.0. The SMILES string of the molecule is CCOc1cc([C@H](Nc2ccc(C(=N)N)cc2)C(=O)NCc2ccccc2)ccc1OCc1ccccc1. The van der Waals surface area contributed by atoms with Gasteiger partial charge in [-0.25, -0.2) is 0 Å². The van der Waals surface area contributed by atoms with Crippen LogP contribution in [-0.2, 0) is 17.9 Å². The Morgan fingerprint density at radius 3 is 2.13 bits per heavy atom. The van der Waals surface area contributed by atoms with Crippen LogP contribution in [0.25, 0.3) is 0 Å². The fourth-order valence-electron chi connectivity index (χ4n) is 3.93. The molecule has 0 aliphatic rings. The predicted octanol–water partition coefficient (Wildman–Crippen LogP) is 5.42. The van der Waals surface area contributed by atoms with Gasteiger partial charge in [0.2, 0.25) is 5.91 Å². The molecule has 0 aliphatic heterocycles. The average Bonchev–Trinajstić information content (AvgIpc) is 2.95. The lowest BCUT2D eigenvalue weighted by molar-refractivity contribution is -0.122. The first-order valence-electron chi connectivity index (χ1n) is 12.5. The molecule has 4 aromatic rings. The van der Waals surface area contributed by atoms with Gasteiger partial charge in [-0.2, -0.15) is 0 Å². The molecule has 194 valence electrons. The predicted molar refractivity (Wildman–Crippen MR) is 150 cm³/mol. The van der Waals surface area contributed by atoms with Gasteiger partial charge in [-0.05, 0) is 60.0 Å². The monoisotopic (exact) mass is 508 g/mol. The number of hydrogen-bond acceptors (Lipinski definition) is 5. The summed E-state index contributed by atoms with van der Waals surface area (Å²) in [4.78, 5) is 13.5. The first-order valence-corrected chi connectivity index (χ1v) is 12.5. The molecular weight excluding hydrogens is 476 g/mol. The van der Waals surface area contributed by atoms with Crippen molar-refractivity contribution in [2.24, 2.45) is 5.73 Å². The maximum atomic E-state index is 13.5. The van der Waals surface area contributed by atoms with Crippen LogP contribution in [0, 0.1) is 5.41 Å². The number of carbonyl (C=O) groups is 1. The van der Waals surface area contributed by atoms with E-state index in [0.717, 1.165) is 22.4 Å². The van der Waals surface area contributed by atoms with E-state index >= 15 is 0 Å². The van der Waals surface area contributed by atoms with Gasteiger partial charge in [0.05, 0.1) is 6.61 Å². The van der Waals surface area contributed by atoms with Gasteiger partial charge in [-0.1, -0.05) is 66.7 Å². The Bertz CT molecular complexity index is 1340. The number of hydrogen-bond donors (Lipinski definition) is 4. The van der Waals surface area contributed by atoms with E-state index in [4.69, 9.17) is 20.6 Å². The number of amidine groups is 1. The Kier molecular flexibility index (Phi) is 8.97. The largest absolute Gasteiger partial charge is 0.490 e. The number of rotatable bonds is 12. The molecule has 1 amide bonds. The number of amides is 1. The minimum absolute atomic E-state index is 0.0128. The number of anilines is 1. The fourth-order valence-corrected chi connectivity index (χ4v) is 3.93. The molecule has 4 aromatic carbocycles. The molecular formula is C31H32N4O3. The molecule has 0 saturated carbocycles. The van der Waals surface area contributed by atoms with Crippen molar-refractivity contribution < 1.29 is 14.3 Å². The molecule has 5 N–H and O–H groups in total. The molecule has 7 nitrogen and oxygen atoms in total. The molecule has 38 heavy (non-hydrogen) atoms. The maximum Gasteiger partial charge on any atom is 0.247 e. The zero-order chi connectivity index (χ0) is 26.7. The third-order valence-corrected chi connectivity index (χ3v) is 5.92. The second-order valence-corrected chi connectivity index (χ2v) is 8.69. The maximum absolute atomic E-state index is 13.5. The molecule has 0 saturated heterocycles. The molecule has 4 rings (SSSR count). The van der Waals surface area contributed by atoms with E-state index in [1.54, 1.807) is 24.3 Å². The molecule has 0 spiro atoms. The number of benzene rings is 4. The Morgan fingerprint density at radius 1 is 0.842 bits per heavy atom. The first kappa shape index (κ1) is 26.3. The third kappa shape index (κ3) is 7.13. The van der Waals surface area contributed by atoms with Crippen molar-refractivity contribution in [3.05, 3.63) is 125 Å². The van der Waals surface area contributed by atoms with Crippen LogP contribution < -0.4 is 25.8 Å². The average molecular weight is 509 g/mol. The Hall–Kier alpha value is -4.78. The molecule has 1 atom stereocenters. The Morgan fingerprint density at radius 2 is 1.50 bits per heavy atom. The van der Waals surface area contributed by atoms with Gasteiger partial charge in [0.15, 0.2) is 11.5 Å². The van der Waals surface area contributed by atoms with E-state index in [0.29, 0.717) is 36.8 Å². The highest BCUT2D eigenvalue weighted by Gasteiger charge is 2.22. The second kappa shape index (κ2) is 13.0. The summed E-state index contributed by atoms with van der Waals surface area (Å²) in [5.74, 6) is 0.968. The van der Waals surface area contributed by atoms with Crippen LogP contribution in [0.2, 0.25) is 0 Å². The lowest BCUT2D eigenvalue weighted by Gasteiger charge is -2.22. The third-order valence-electron chi connectivity index (χ3n) is 5.92. The number of nitrogens with one attached hydrogen (secondary N) is 3. The van der Waals surface area contributed by atoms with Crippen LogP contribution in [0.1, 0.15) is 35.2 Å². The van der Waals surface area contributed by atoms with Crippen molar-refractivity contribution in [2.45, 2.75) is 26.1 Å². The summed E-state index contributed by atoms with van der Waals surface area (Å²) in [5.41, 5.74) is 9.70. The zero-order valence-electron chi connectivity index (χ0n) is 21.3. The smallest absolute Gasteiger partial charge is 0.247 e. The van der Waals surface area contributed by atoms with E-state index in [2.05, 4.69) is 10.6 Å². The number of carbonyl (C=O) groups excluding carboxylic acids is 1. The summed E-state index contributed by atoms with van der Waals surface area (Å²) >= 11 is 0. The van der Waals surface area contributed by atoms with Crippen LogP contribution in [0.4, 0.5) is 5.69 Å². The van der Waals surface area contributed by atoms with Crippen LogP contribution in [-0.4, -0.2) is 18.3 Å². The van der Waals surface area contributed by atoms with Gasteiger partial charge < -0.3 is 25.8 Å². The number of nitrogen functional groups attached to an aromatic ring is 1. The van der Waals surface area contributed by atoms with Gasteiger partial charge in [-0.15, -0.1) is 0 Å². The summed E-state index contributed by atoms with van der Waals surface area (Å²) in [5, 5.41) is 14.0. The quantitative estimate of drug-likeness (QED) is 0.151. The minimum Gasteiger partial charge on any atom is -0.490 e. The molecule has 0 aliphatic carbocycles. The molecule has 0 heterocycles. The number of ether oxygens (including phenoxy) is 2. The molecule has 0 fully saturated rings.